The van der Waals surface area contributed by atoms with E-state index in [1.54, 1.807) is 0 Å². The summed E-state index contributed by atoms with van der Waals surface area (Å²) >= 11 is 0. The zero-order chi connectivity index (χ0) is 20.3. The summed E-state index contributed by atoms with van der Waals surface area (Å²) in [5.74, 6) is 1.51. The zero-order valence-corrected chi connectivity index (χ0v) is 16.6. The van der Waals surface area contributed by atoms with E-state index in [-0.39, 0.29) is 18.5 Å². The van der Waals surface area contributed by atoms with Gasteiger partial charge in [0.15, 0.2) is 0 Å². The number of rotatable bonds is 6. The van der Waals surface area contributed by atoms with E-state index in [0.717, 1.165) is 35.4 Å². The Labute approximate surface area is 175 Å². The second kappa shape index (κ2) is 8.03. The molecule has 30 heavy (non-hydrogen) atoms. The van der Waals surface area contributed by atoms with Crippen molar-refractivity contribution in [3.8, 4) is 5.75 Å². The molecule has 1 amide bonds. The molecule has 5 nitrogen and oxygen atoms in total. The minimum atomic E-state index is -0.0131. The van der Waals surface area contributed by atoms with Crippen molar-refractivity contribution in [3.05, 3.63) is 95.8 Å². The fourth-order valence-electron chi connectivity index (χ4n) is 4.17. The van der Waals surface area contributed by atoms with Crippen LogP contribution < -0.4 is 10.1 Å². The summed E-state index contributed by atoms with van der Waals surface area (Å²) in [6.45, 7) is 0.519. The quantitative estimate of drug-likeness (QED) is 0.524. The number of nitrogens with zero attached hydrogens (tertiary/aromatic N) is 2. The number of benzene rings is 3. The predicted molar refractivity (Wildman–Crippen MR) is 116 cm³/mol. The van der Waals surface area contributed by atoms with Crippen LogP contribution in [0.3, 0.4) is 0 Å². The maximum Gasteiger partial charge on any atom is 0.240 e. The average Bonchev–Trinajstić information content (AvgIpc) is 3.35. The van der Waals surface area contributed by atoms with Crippen molar-refractivity contribution in [2.45, 2.75) is 32.0 Å². The molecule has 5 heteroatoms. The maximum absolute atomic E-state index is 12.9. The van der Waals surface area contributed by atoms with Gasteiger partial charge in [0.2, 0.25) is 5.91 Å². The third-order valence-electron chi connectivity index (χ3n) is 5.61. The van der Waals surface area contributed by atoms with Gasteiger partial charge in [0.05, 0.1) is 17.1 Å². The number of ether oxygens (including phenoxy) is 1. The summed E-state index contributed by atoms with van der Waals surface area (Å²) in [5, 5.41) is 3.21. The first-order valence-electron chi connectivity index (χ1n) is 10.3. The second-order valence-corrected chi connectivity index (χ2v) is 7.56. The van der Waals surface area contributed by atoms with Crippen molar-refractivity contribution >= 4 is 16.9 Å². The Bertz CT molecular complexity index is 1180. The third-order valence-corrected chi connectivity index (χ3v) is 5.61. The normalized spacial score (nSPS) is 15.1. The third kappa shape index (κ3) is 3.66. The number of aryl methyl sites for hydroxylation is 1. The number of hydrogen-bond donors (Lipinski definition) is 1. The molecule has 0 fully saturated rings. The second-order valence-electron chi connectivity index (χ2n) is 7.56. The number of amides is 1. The lowest BCUT2D eigenvalue weighted by atomic mass is 10.1. The van der Waals surface area contributed by atoms with Crippen molar-refractivity contribution in [2.75, 3.05) is 0 Å². The van der Waals surface area contributed by atoms with Crippen LogP contribution in [0.4, 0.5) is 0 Å². The number of nitrogens with one attached hydrogen (secondary N) is 1. The fraction of sp³-hybridized carbons (Fsp3) is 0.200. The molecule has 5 rings (SSSR count). The smallest absolute Gasteiger partial charge is 0.240 e. The highest BCUT2D eigenvalue weighted by Gasteiger charge is 2.24. The molecule has 1 aliphatic rings. The van der Waals surface area contributed by atoms with E-state index >= 15 is 0 Å². The average molecular weight is 397 g/mol. The molecule has 0 aliphatic heterocycles. The number of aromatic nitrogens is 2. The number of carbonyl (C=O) groups is 1. The number of para-hydroxylation sites is 3. The van der Waals surface area contributed by atoms with E-state index in [1.807, 2.05) is 65.2 Å². The van der Waals surface area contributed by atoms with Gasteiger partial charge in [-0.3, -0.25) is 4.79 Å². The number of imidazole rings is 1. The molecule has 0 saturated carbocycles. The van der Waals surface area contributed by atoms with Crippen molar-refractivity contribution in [1.29, 1.82) is 0 Å². The monoisotopic (exact) mass is 397 g/mol. The largest absolute Gasteiger partial charge is 0.486 e. The molecule has 0 saturated heterocycles. The molecule has 1 heterocycles. The summed E-state index contributed by atoms with van der Waals surface area (Å²) in [6.07, 6.45) is 1.95. The minimum absolute atomic E-state index is 0.0131. The highest BCUT2D eigenvalue weighted by molar-refractivity contribution is 5.81. The summed E-state index contributed by atoms with van der Waals surface area (Å²) in [7, 11) is 0. The Morgan fingerprint density at radius 2 is 1.77 bits per heavy atom. The molecule has 3 aromatic carbocycles. The molecular formula is C25H23N3O2. The Morgan fingerprint density at radius 3 is 2.67 bits per heavy atom. The van der Waals surface area contributed by atoms with E-state index in [4.69, 9.17) is 9.72 Å². The van der Waals surface area contributed by atoms with E-state index < -0.39 is 0 Å². The highest BCUT2D eigenvalue weighted by atomic mass is 16.5. The van der Waals surface area contributed by atoms with Crippen molar-refractivity contribution in [2.24, 2.45) is 0 Å². The van der Waals surface area contributed by atoms with Crippen molar-refractivity contribution < 1.29 is 9.53 Å². The van der Waals surface area contributed by atoms with E-state index in [2.05, 4.69) is 23.5 Å². The van der Waals surface area contributed by atoms with Gasteiger partial charge in [-0.05, 0) is 48.2 Å². The molecule has 1 aliphatic carbocycles. The summed E-state index contributed by atoms with van der Waals surface area (Å²) in [5.41, 5.74) is 4.36. The van der Waals surface area contributed by atoms with Gasteiger partial charge >= 0.3 is 0 Å². The standard InChI is InChI=1S/C25H23N3O2/c29-25(27-21-15-14-18-8-4-5-11-20(18)21)16-28-23-13-7-6-12-22(23)26-24(28)17-30-19-9-2-1-3-10-19/h1-13,21H,14-17H2,(H,27,29). The first kappa shape index (κ1) is 18.4. The van der Waals surface area contributed by atoms with Crippen LogP contribution in [0.2, 0.25) is 0 Å². The van der Waals surface area contributed by atoms with Gasteiger partial charge in [0, 0.05) is 0 Å². The molecule has 1 unspecified atom stereocenters. The van der Waals surface area contributed by atoms with Gasteiger partial charge in [-0.2, -0.15) is 0 Å². The predicted octanol–water partition coefficient (Wildman–Crippen LogP) is 4.42. The first-order valence-corrected chi connectivity index (χ1v) is 10.3. The summed E-state index contributed by atoms with van der Waals surface area (Å²) in [6, 6.07) is 25.9. The fourth-order valence-corrected chi connectivity index (χ4v) is 4.17. The van der Waals surface area contributed by atoms with Crippen LogP contribution in [0.25, 0.3) is 11.0 Å². The lowest BCUT2D eigenvalue weighted by Crippen LogP contribution is -2.31. The number of carbonyl (C=O) groups excluding carboxylic acids is 1. The Kier molecular flexibility index (Phi) is 4.93. The lowest BCUT2D eigenvalue weighted by Gasteiger charge is -2.16. The molecule has 0 spiro atoms. The van der Waals surface area contributed by atoms with Gasteiger partial charge in [-0.15, -0.1) is 0 Å². The maximum atomic E-state index is 12.9. The van der Waals surface area contributed by atoms with Crippen molar-refractivity contribution in [1.82, 2.24) is 14.9 Å². The van der Waals surface area contributed by atoms with Crippen molar-refractivity contribution in [3.63, 3.8) is 0 Å². The van der Waals surface area contributed by atoms with Gasteiger partial charge in [0.25, 0.3) is 0 Å². The minimum Gasteiger partial charge on any atom is -0.486 e. The van der Waals surface area contributed by atoms with Crippen LogP contribution in [-0.2, 0) is 24.4 Å². The van der Waals surface area contributed by atoms with Crippen LogP contribution >= 0.6 is 0 Å². The molecule has 1 aromatic heterocycles. The van der Waals surface area contributed by atoms with Crippen LogP contribution in [0, 0.1) is 0 Å². The molecule has 4 aromatic rings. The first-order chi connectivity index (χ1) is 14.8. The van der Waals surface area contributed by atoms with E-state index in [9.17, 15) is 4.79 Å². The molecule has 150 valence electrons. The Morgan fingerprint density at radius 1 is 1.00 bits per heavy atom. The highest BCUT2D eigenvalue weighted by Crippen LogP contribution is 2.30. The molecule has 0 bridgehead atoms. The lowest BCUT2D eigenvalue weighted by molar-refractivity contribution is -0.122. The molecule has 1 N–H and O–H groups in total. The van der Waals surface area contributed by atoms with Gasteiger partial charge < -0.3 is 14.6 Å². The molecular weight excluding hydrogens is 374 g/mol. The van der Waals surface area contributed by atoms with Crippen LogP contribution in [-0.4, -0.2) is 15.5 Å². The van der Waals surface area contributed by atoms with Gasteiger partial charge in [-0.25, -0.2) is 4.98 Å². The Balaban J connectivity index is 1.36. The summed E-state index contributed by atoms with van der Waals surface area (Å²) in [4.78, 5) is 17.7. The van der Waals surface area contributed by atoms with Crippen LogP contribution in [0.5, 0.6) is 5.75 Å². The van der Waals surface area contributed by atoms with E-state index in [1.165, 1.54) is 11.1 Å². The zero-order valence-electron chi connectivity index (χ0n) is 16.6. The molecule has 1 atom stereocenters. The number of fused-ring (bicyclic) bond motifs is 2. The van der Waals surface area contributed by atoms with Gasteiger partial charge in [0.1, 0.15) is 24.7 Å². The topological polar surface area (TPSA) is 56.2 Å². The van der Waals surface area contributed by atoms with E-state index in [0.29, 0.717) is 6.61 Å². The van der Waals surface area contributed by atoms with Gasteiger partial charge in [-0.1, -0.05) is 54.6 Å². The SMILES string of the molecule is O=C(Cn1c(COc2ccccc2)nc2ccccc21)NC1CCc2ccccc21. The summed E-state index contributed by atoms with van der Waals surface area (Å²) < 4.78 is 7.86. The van der Waals surface area contributed by atoms with Crippen LogP contribution in [0.1, 0.15) is 29.4 Å². The van der Waals surface area contributed by atoms with Crippen LogP contribution in [0.15, 0.2) is 78.9 Å². The molecule has 0 radical (unpaired) electrons. The Hall–Kier alpha value is -3.60. The number of hydrogen-bond acceptors (Lipinski definition) is 3.